The molecule has 3 rings (SSSR count). The fourth-order valence-electron chi connectivity index (χ4n) is 2.87. The molecule has 2 aromatic rings. The fourth-order valence-corrected chi connectivity index (χ4v) is 2.87. The van der Waals surface area contributed by atoms with E-state index in [2.05, 4.69) is 9.88 Å². The van der Waals surface area contributed by atoms with Gasteiger partial charge in [-0.05, 0) is 36.4 Å². The smallest absolute Gasteiger partial charge is 0.256 e. The molecule has 4 nitrogen and oxygen atoms in total. The van der Waals surface area contributed by atoms with Gasteiger partial charge in [-0.3, -0.25) is 9.69 Å². The number of hydrogen-bond donors (Lipinski definition) is 2. The van der Waals surface area contributed by atoms with E-state index >= 15 is 0 Å². The van der Waals surface area contributed by atoms with Gasteiger partial charge >= 0.3 is 0 Å². The number of nitrogens with one attached hydrogen (secondary N) is 1. The highest BCUT2D eigenvalue weighted by Crippen LogP contribution is 2.22. The third kappa shape index (κ3) is 2.34. The molecule has 2 N–H and O–H groups in total. The van der Waals surface area contributed by atoms with Crippen LogP contribution in [-0.2, 0) is 6.54 Å². The van der Waals surface area contributed by atoms with Crippen LogP contribution in [0.25, 0.3) is 10.8 Å². The van der Waals surface area contributed by atoms with Crippen LogP contribution in [0.15, 0.2) is 23.0 Å². The third-order valence-corrected chi connectivity index (χ3v) is 3.93. The number of H-pyrrole nitrogens is 1. The summed E-state index contributed by atoms with van der Waals surface area (Å²) in [6, 6.07) is 4.31. The molecule has 106 valence electrons. The Labute approximate surface area is 115 Å². The van der Waals surface area contributed by atoms with Crippen molar-refractivity contribution in [2.45, 2.75) is 26.0 Å². The Morgan fingerprint density at radius 2 is 2.25 bits per heavy atom. The Morgan fingerprint density at radius 1 is 1.45 bits per heavy atom. The second-order valence-electron chi connectivity index (χ2n) is 5.43. The van der Waals surface area contributed by atoms with Gasteiger partial charge in [0.1, 0.15) is 5.82 Å². The molecule has 0 bridgehead atoms. The zero-order valence-electron chi connectivity index (χ0n) is 11.3. The maximum absolute atomic E-state index is 13.3. The third-order valence-electron chi connectivity index (χ3n) is 3.93. The molecule has 1 aromatic carbocycles. The minimum atomic E-state index is -0.408. The number of rotatable bonds is 2. The number of aryl methyl sites for hydroxylation is 1. The molecule has 0 saturated carbocycles. The van der Waals surface area contributed by atoms with Crippen LogP contribution in [0.1, 0.15) is 17.7 Å². The zero-order valence-corrected chi connectivity index (χ0v) is 11.3. The number of halogens is 1. The number of β-amino-alcohol motifs (C(OH)–C–C–N with tert-alkyl or cyclic N) is 1. The molecule has 1 unspecified atom stereocenters. The van der Waals surface area contributed by atoms with E-state index < -0.39 is 5.82 Å². The lowest BCUT2D eigenvalue weighted by Crippen LogP contribution is -2.23. The minimum Gasteiger partial charge on any atom is -0.392 e. The normalized spacial score (nSPS) is 19.9. The van der Waals surface area contributed by atoms with Gasteiger partial charge < -0.3 is 10.1 Å². The van der Waals surface area contributed by atoms with E-state index in [4.69, 9.17) is 0 Å². The van der Waals surface area contributed by atoms with E-state index in [0.29, 0.717) is 18.5 Å². The number of pyridine rings is 1. The van der Waals surface area contributed by atoms with E-state index in [-0.39, 0.29) is 11.7 Å². The van der Waals surface area contributed by atoms with Crippen molar-refractivity contribution < 1.29 is 9.50 Å². The first-order valence-corrected chi connectivity index (χ1v) is 6.76. The molecule has 0 radical (unpaired) electrons. The molecule has 1 saturated heterocycles. The van der Waals surface area contributed by atoms with Crippen molar-refractivity contribution in [1.82, 2.24) is 9.88 Å². The first-order chi connectivity index (χ1) is 9.54. The molecule has 2 heterocycles. The van der Waals surface area contributed by atoms with Crippen molar-refractivity contribution in [1.29, 1.82) is 0 Å². The Balaban J connectivity index is 2.07. The number of aliphatic hydroxyl groups excluding tert-OH is 1. The topological polar surface area (TPSA) is 56.3 Å². The Morgan fingerprint density at radius 3 is 2.95 bits per heavy atom. The average Bonchev–Trinajstić information content (AvgIpc) is 2.80. The van der Waals surface area contributed by atoms with Crippen molar-refractivity contribution in [3.8, 4) is 0 Å². The van der Waals surface area contributed by atoms with Gasteiger partial charge in [-0.25, -0.2) is 4.39 Å². The first kappa shape index (κ1) is 13.3. The van der Waals surface area contributed by atoms with Crippen molar-refractivity contribution in [2.24, 2.45) is 0 Å². The standard InChI is InChI=1S/C15H17FN2O2/c1-9-14(8-18-5-4-11(19)7-18)12-3-2-10(16)6-13(12)15(20)17-9/h2-3,6,11,19H,4-5,7-8H2,1H3,(H,17,20). The van der Waals surface area contributed by atoms with Crippen LogP contribution in [-0.4, -0.2) is 34.2 Å². The minimum absolute atomic E-state index is 0.262. The van der Waals surface area contributed by atoms with E-state index in [1.54, 1.807) is 6.07 Å². The molecule has 20 heavy (non-hydrogen) atoms. The van der Waals surface area contributed by atoms with Crippen molar-refractivity contribution in [3.63, 3.8) is 0 Å². The summed E-state index contributed by atoms with van der Waals surface area (Å²) in [5.74, 6) is -0.408. The van der Waals surface area contributed by atoms with Gasteiger partial charge in [0, 0.05) is 25.3 Å². The Bertz CT molecular complexity index is 711. The lowest BCUT2D eigenvalue weighted by atomic mass is 10.0. The summed E-state index contributed by atoms with van der Waals surface area (Å²) in [5, 5.41) is 10.8. The van der Waals surface area contributed by atoms with Crippen molar-refractivity contribution in [3.05, 3.63) is 45.6 Å². The highest BCUT2D eigenvalue weighted by molar-refractivity contribution is 5.85. The highest BCUT2D eigenvalue weighted by Gasteiger charge is 2.21. The van der Waals surface area contributed by atoms with E-state index in [9.17, 15) is 14.3 Å². The van der Waals surface area contributed by atoms with Gasteiger partial charge in [-0.1, -0.05) is 6.07 Å². The predicted octanol–water partition coefficient (Wildman–Crippen LogP) is 1.54. The molecule has 1 aliphatic heterocycles. The van der Waals surface area contributed by atoms with Gasteiger partial charge in [0.05, 0.1) is 11.5 Å². The Kier molecular flexibility index (Phi) is 3.31. The van der Waals surface area contributed by atoms with Gasteiger partial charge in [0.15, 0.2) is 0 Å². The summed E-state index contributed by atoms with van der Waals surface area (Å²) in [5.41, 5.74) is 1.53. The average molecular weight is 276 g/mol. The highest BCUT2D eigenvalue weighted by atomic mass is 19.1. The second-order valence-corrected chi connectivity index (χ2v) is 5.43. The summed E-state index contributed by atoms with van der Waals surface area (Å²) in [7, 11) is 0. The summed E-state index contributed by atoms with van der Waals surface area (Å²) < 4.78 is 13.3. The van der Waals surface area contributed by atoms with Crippen LogP contribution in [0, 0.1) is 12.7 Å². The maximum Gasteiger partial charge on any atom is 0.256 e. The molecule has 1 aromatic heterocycles. The number of fused-ring (bicyclic) bond motifs is 1. The largest absolute Gasteiger partial charge is 0.392 e. The fraction of sp³-hybridized carbons (Fsp3) is 0.400. The monoisotopic (exact) mass is 276 g/mol. The number of hydrogen-bond acceptors (Lipinski definition) is 3. The predicted molar refractivity (Wildman–Crippen MR) is 75.2 cm³/mol. The maximum atomic E-state index is 13.3. The van der Waals surface area contributed by atoms with Crippen LogP contribution in [0.4, 0.5) is 4.39 Å². The van der Waals surface area contributed by atoms with Gasteiger partial charge in [-0.2, -0.15) is 0 Å². The van der Waals surface area contributed by atoms with Crippen LogP contribution in [0.3, 0.4) is 0 Å². The molecular formula is C15H17FN2O2. The number of aromatic nitrogens is 1. The van der Waals surface area contributed by atoms with Crippen molar-refractivity contribution in [2.75, 3.05) is 13.1 Å². The van der Waals surface area contributed by atoms with Gasteiger partial charge in [0.25, 0.3) is 5.56 Å². The summed E-state index contributed by atoms with van der Waals surface area (Å²) in [6.07, 6.45) is 0.497. The van der Waals surface area contributed by atoms with E-state index in [1.807, 2.05) is 6.92 Å². The summed E-state index contributed by atoms with van der Waals surface area (Å²) in [6.45, 7) is 3.98. The first-order valence-electron chi connectivity index (χ1n) is 6.76. The number of nitrogens with zero attached hydrogens (tertiary/aromatic N) is 1. The summed E-state index contributed by atoms with van der Waals surface area (Å²) in [4.78, 5) is 16.8. The van der Waals surface area contributed by atoms with Gasteiger partial charge in [-0.15, -0.1) is 0 Å². The van der Waals surface area contributed by atoms with Gasteiger partial charge in [0.2, 0.25) is 0 Å². The van der Waals surface area contributed by atoms with E-state index in [0.717, 1.165) is 29.6 Å². The molecule has 1 atom stereocenters. The van der Waals surface area contributed by atoms with Crippen LogP contribution in [0.5, 0.6) is 0 Å². The molecule has 0 aliphatic carbocycles. The zero-order chi connectivity index (χ0) is 14.3. The molecule has 1 aliphatic rings. The molecular weight excluding hydrogens is 259 g/mol. The lowest BCUT2D eigenvalue weighted by Gasteiger charge is -2.18. The number of benzene rings is 1. The number of likely N-dealkylation sites (tertiary alicyclic amines) is 1. The number of aliphatic hydroxyl groups is 1. The Hall–Kier alpha value is -1.72. The molecule has 1 fully saturated rings. The number of aromatic amines is 1. The summed E-state index contributed by atoms with van der Waals surface area (Å²) >= 11 is 0. The lowest BCUT2D eigenvalue weighted by molar-refractivity contribution is 0.175. The molecule has 5 heteroatoms. The van der Waals surface area contributed by atoms with Crippen LogP contribution >= 0.6 is 0 Å². The van der Waals surface area contributed by atoms with E-state index in [1.165, 1.54) is 12.1 Å². The second kappa shape index (κ2) is 5.00. The molecule has 0 spiro atoms. The van der Waals surface area contributed by atoms with Crippen LogP contribution < -0.4 is 5.56 Å². The quantitative estimate of drug-likeness (QED) is 0.875. The SMILES string of the molecule is Cc1[nH]c(=O)c2cc(F)ccc2c1CN1CCC(O)C1. The van der Waals surface area contributed by atoms with Crippen molar-refractivity contribution >= 4 is 10.8 Å². The molecule has 0 amide bonds. The van der Waals surface area contributed by atoms with Crippen LogP contribution in [0.2, 0.25) is 0 Å².